The van der Waals surface area contributed by atoms with Gasteiger partial charge in [-0.1, -0.05) is 18.3 Å². The molecule has 0 spiro atoms. The highest BCUT2D eigenvalue weighted by atomic mass is 19.4. The van der Waals surface area contributed by atoms with Crippen LogP contribution >= 0.6 is 0 Å². The Labute approximate surface area is 118 Å². The van der Waals surface area contributed by atoms with Gasteiger partial charge in [-0.2, -0.15) is 13.2 Å². The van der Waals surface area contributed by atoms with Crippen LogP contribution in [0.15, 0.2) is 30.5 Å². The van der Waals surface area contributed by atoms with Gasteiger partial charge < -0.3 is 9.94 Å². The lowest BCUT2D eigenvalue weighted by Gasteiger charge is -2.11. The summed E-state index contributed by atoms with van der Waals surface area (Å²) in [6.07, 6.45) is -4.41. The fourth-order valence-electron chi connectivity index (χ4n) is 1.71. The smallest absolute Gasteiger partial charge is 0.393 e. The predicted octanol–water partition coefficient (Wildman–Crippen LogP) is 2.55. The second-order valence-corrected chi connectivity index (χ2v) is 4.56. The highest BCUT2D eigenvalue weighted by Gasteiger charge is 2.31. The van der Waals surface area contributed by atoms with E-state index in [2.05, 4.69) is 16.9 Å². The zero-order valence-corrected chi connectivity index (χ0v) is 11.3. The molecule has 0 amide bonds. The van der Waals surface area contributed by atoms with Crippen molar-refractivity contribution in [3.63, 3.8) is 0 Å². The molecule has 1 unspecified atom stereocenters. The van der Waals surface area contributed by atoms with Crippen molar-refractivity contribution in [1.29, 1.82) is 0 Å². The van der Waals surface area contributed by atoms with Crippen molar-refractivity contribution >= 4 is 11.0 Å². The minimum atomic E-state index is -4.46. The number of hydrogen-bond acceptors (Lipinski definition) is 4. The van der Waals surface area contributed by atoms with E-state index in [1.165, 1.54) is 6.07 Å². The van der Waals surface area contributed by atoms with E-state index in [-0.39, 0.29) is 23.2 Å². The number of rotatable bonds is 5. The Kier molecular flexibility index (Phi) is 4.17. The molecule has 1 atom stereocenters. The fraction of sp³-hybridized carbons (Fsp3) is 0.385. The Balaban J connectivity index is 2.26. The Morgan fingerprint density at radius 3 is 2.81 bits per heavy atom. The van der Waals surface area contributed by atoms with Crippen molar-refractivity contribution in [1.82, 2.24) is 15.2 Å². The van der Waals surface area contributed by atoms with Crippen molar-refractivity contribution in [2.45, 2.75) is 32.0 Å². The van der Waals surface area contributed by atoms with E-state index in [1.807, 2.05) is 0 Å². The van der Waals surface area contributed by atoms with Crippen LogP contribution in [0.2, 0.25) is 0 Å². The summed E-state index contributed by atoms with van der Waals surface area (Å²) >= 11 is 0. The molecular formula is C13H14F3N3O2. The van der Waals surface area contributed by atoms with Gasteiger partial charge in [0.25, 0.3) is 0 Å². The monoisotopic (exact) mass is 301 g/mol. The fourth-order valence-corrected chi connectivity index (χ4v) is 1.71. The van der Waals surface area contributed by atoms with Crippen LogP contribution in [0.25, 0.3) is 11.0 Å². The summed E-state index contributed by atoms with van der Waals surface area (Å²) in [5.74, 6) is 0.188. The molecule has 0 aliphatic carbocycles. The second-order valence-electron chi connectivity index (χ2n) is 4.56. The van der Waals surface area contributed by atoms with E-state index >= 15 is 0 Å². The molecule has 0 aliphatic heterocycles. The summed E-state index contributed by atoms with van der Waals surface area (Å²) in [6.45, 7) is 5.39. The summed E-state index contributed by atoms with van der Waals surface area (Å²) in [5.41, 5.74) is -0.467. The lowest BCUT2D eigenvalue weighted by molar-refractivity contribution is -0.137. The first kappa shape index (κ1) is 15.3. The van der Waals surface area contributed by atoms with E-state index in [0.29, 0.717) is 6.42 Å². The molecule has 21 heavy (non-hydrogen) atoms. The molecule has 8 heteroatoms. The number of hydrogen-bond donors (Lipinski definition) is 1. The zero-order chi connectivity index (χ0) is 15.6. The third-order valence-corrected chi connectivity index (χ3v) is 2.89. The number of halogens is 3. The first-order valence-corrected chi connectivity index (χ1v) is 6.28. The van der Waals surface area contributed by atoms with Crippen molar-refractivity contribution in [2.75, 3.05) is 0 Å². The molecule has 1 aromatic heterocycles. The number of aliphatic hydroxyl groups is 1. The van der Waals surface area contributed by atoms with Crippen molar-refractivity contribution in [2.24, 2.45) is 0 Å². The first-order chi connectivity index (χ1) is 9.81. The van der Waals surface area contributed by atoms with Gasteiger partial charge in [0.15, 0.2) is 0 Å². The van der Waals surface area contributed by atoms with Gasteiger partial charge in [-0.3, -0.25) is 0 Å². The molecule has 2 rings (SSSR count). The summed E-state index contributed by atoms with van der Waals surface area (Å²) < 4.78 is 38.1. The largest absolute Gasteiger partial charge is 0.416 e. The van der Waals surface area contributed by atoms with E-state index in [9.17, 15) is 18.3 Å². The average molecular weight is 301 g/mol. The third kappa shape index (κ3) is 3.52. The maximum Gasteiger partial charge on any atom is 0.416 e. The van der Waals surface area contributed by atoms with Gasteiger partial charge in [0, 0.05) is 6.42 Å². The molecule has 0 saturated carbocycles. The van der Waals surface area contributed by atoms with Gasteiger partial charge in [0.05, 0.1) is 11.7 Å². The topological polar surface area (TPSA) is 60.2 Å². The number of alkyl halides is 3. The molecule has 5 nitrogen and oxygen atoms in total. The highest BCUT2D eigenvalue weighted by Crippen LogP contribution is 2.30. The van der Waals surface area contributed by atoms with Gasteiger partial charge in [-0.05, 0) is 29.8 Å². The van der Waals surface area contributed by atoms with E-state index < -0.39 is 17.8 Å². The van der Waals surface area contributed by atoms with Crippen molar-refractivity contribution in [3.05, 3.63) is 36.1 Å². The van der Waals surface area contributed by atoms with Crippen LogP contribution in [0, 0.1) is 0 Å². The summed E-state index contributed by atoms with van der Waals surface area (Å²) in [4.78, 5) is 6.10. The molecule has 1 N–H and O–H groups in total. The van der Waals surface area contributed by atoms with Gasteiger partial charge in [-0.25, -0.2) is 0 Å². The molecule has 1 heterocycles. The van der Waals surface area contributed by atoms with Crippen LogP contribution in [0.1, 0.15) is 25.3 Å². The second kappa shape index (κ2) is 5.72. The van der Waals surface area contributed by atoms with Crippen LogP contribution in [-0.4, -0.2) is 26.4 Å². The van der Waals surface area contributed by atoms with Crippen molar-refractivity contribution < 1.29 is 23.1 Å². The number of nitrogens with zero attached hydrogens (tertiary/aromatic N) is 3. The predicted molar refractivity (Wildman–Crippen MR) is 69.2 cm³/mol. The molecule has 1 aromatic carbocycles. The van der Waals surface area contributed by atoms with Gasteiger partial charge in [0.2, 0.25) is 0 Å². The van der Waals surface area contributed by atoms with E-state index in [4.69, 9.17) is 4.84 Å². The van der Waals surface area contributed by atoms with Crippen LogP contribution < -0.4 is 4.84 Å². The SMILES string of the molecule is C=C(CC(O)CC)On1nnc2ccc(C(F)(F)F)cc21. The molecule has 2 aromatic rings. The standard InChI is InChI=1S/C13H14F3N3O2/c1-3-10(20)6-8(2)21-19-12-7-9(13(14,15)16)4-5-11(12)17-18-19/h4-5,7,10,20H,2-3,6H2,1H3. The van der Waals surface area contributed by atoms with Crippen LogP contribution in [0.5, 0.6) is 0 Å². The summed E-state index contributed by atoms with van der Waals surface area (Å²) in [6, 6.07) is 3.05. The van der Waals surface area contributed by atoms with Crippen LogP contribution in [-0.2, 0) is 6.18 Å². The zero-order valence-electron chi connectivity index (χ0n) is 11.3. The highest BCUT2D eigenvalue weighted by molar-refractivity contribution is 5.74. The number of fused-ring (bicyclic) bond motifs is 1. The van der Waals surface area contributed by atoms with E-state index in [1.54, 1.807) is 6.92 Å². The van der Waals surface area contributed by atoms with Crippen LogP contribution in [0.3, 0.4) is 0 Å². The maximum absolute atomic E-state index is 12.7. The lowest BCUT2D eigenvalue weighted by Crippen LogP contribution is -2.16. The minimum absolute atomic E-state index is 0.0805. The molecular weight excluding hydrogens is 287 g/mol. The van der Waals surface area contributed by atoms with Gasteiger partial charge in [0.1, 0.15) is 16.8 Å². The molecule has 0 aliphatic rings. The maximum atomic E-state index is 12.7. The van der Waals surface area contributed by atoms with Gasteiger partial charge in [-0.15, -0.1) is 5.10 Å². The number of aliphatic hydroxyl groups excluding tert-OH is 1. The Hall–Kier alpha value is -2.09. The Bertz CT molecular complexity index is 652. The Morgan fingerprint density at radius 2 is 2.19 bits per heavy atom. The van der Waals surface area contributed by atoms with E-state index in [0.717, 1.165) is 17.0 Å². The summed E-state index contributed by atoms with van der Waals surface area (Å²) in [5, 5.41) is 16.8. The van der Waals surface area contributed by atoms with Gasteiger partial charge >= 0.3 is 6.18 Å². The summed E-state index contributed by atoms with van der Waals surface area (Å²) in [7, 11) is 0. The average Bonchev–Trinajstić information content (AvgIpc) is 2.80. The van der Waals surface area contributed by atoms with Crippen molar-refractivity contribution in [3.8, 4) is 0 Å². The Morgan fingerprint density at radius 1 is 1.48 bits per heavy atom. The molecule has 114 valence electrons. The number of aromatic nitrogens is 3. The normalized spacial score (nSPS) is 13.4. The molecule has 0 bridgehead atoms. The lowest BCUT2D eigenvalue weighted by atomic mass is 10.2. The third-order valence-electron chi connectivity index (χ3n) is 2.89. The minimum Gasteiger partial charge on any atom is -0.393 e. The molecule has 0 fully saturated rings. The molecule has 0 radical (unpaired) electrons. The first-order valence-electron chi connectivity index (χ1n) is 6.28. The van der Waals surface area contributed by atoms with Crippen LogP contribution in [0.4, 0.5) is 13.2 Å². The molecule has 0 saturated heterocycles. The quantitative estimate of drug-likeness (QED) is 0.862. The number of benzene rings is 1.